The fourth-order valence-electron chi connectivity index (χ4n) is 2.76. The van der Waals surface area contributed by atoms with E-state index in [0.717, 1.165) is 24.0 Å². The van der Waals surface area contributed by atoms with Crippen LogP contribution in [-0.4, -0.2) is 25.5 Å². The molecule has 19 heavy (non-hydrogen) atoms. The molecule has 0 bridgehead atoms. The van der Waals surface area contributed by atoms with Gasteiger partial charge >= 0.3 is 0 Å². The molecule has 1 aromatic carbocycles. The van der Waals surface area contributed by atoms with Gasteiger partial charge in [0.15, 0.2) is 11.5 Å². The molecule has 0 unspecified atom stereocenters. The molecule has 1 heterocycles. The van der Waals surface area contributed by atoms with E-state index in [-0.39, 0.29) is 0 Å². The molecule has 4 heteroatoms. The first kappa shape index (κ1) is 13.1. The van der Waals surface area contributed by atoms with Gasteiger partial charge in [0.2, 0.25) is 0 Å². The van der Waals surface area contributed by atoms with Crippen molar-refractivity contribution < 1.29 is 9.47 Å². The number of rotatable bonds is 4. The molecule has 1 aliphatic carbocycles. The van der Waals surface area contributed by atoms with Crippen LogP contribution in [-0.2, 0) is 6.54 Å². The number of thioether (sulfide) groups is 1. The van der Waals surface area contributed by atoms with E-state index in [2.05, 4.69) is 30.6 Å². The zero-order valence-electron chi connectivity index (χ0n) is 11.6. The predicted molar refractivity (Wildman–Crippen MR) is 78.2 cm³/mol. The molecule has 0 spiro atoms. The maximum absolute atomic E-state index is 5.67. The number of benzene rings is 1. The van der Waals surface area contributed by atoms with Gasteiger partial charge in [-0.1, -0.05) is 6.92 Å². The van der Waals surface area contributed by atoms with Crippen LogP contribution in [0.4, 0.5) is 0 Å². The van der Waals surface area contributed by atoms with Gasteiger partial charge in [-0.2, -0.15) is 0 Å². The van der Waals surface area contributed by atoms with E-state index in [1.54, 1.807) is 11.8 Å². The van der Waals surface area contributed by atoms with Gasteiger partial charge in [-0.25, -0.2) is 0 Å². The summed E-state index contributed by atoms with van der Waals surface area (Å²) >= 11 is 1.77. The summed E-state index contributed by atoms with van der Waals surface area (Å²) in [7, 11) is 0. The molecule has 0 atom stereocenters. The smallest absolute Gasteiger partial charge is 0.162 e. The van der Waals surface area contributed by atoms with Crippen molar-refractivity contribution in [3.8, 4) is 11.5 Å². The van der Waals surface area contributed by atoms with Crippen molar-refractivity contribution in [2.45, 2.75) is 37.2 Å². The zero-order valence-corrected chi connectivity index (χ0v) is 12.4. The van der Waals surface area contributed by atoms with Gasteiger partial charge in [0.25, 0.3) is 0 Å². The van der Waals surface area contributed by atoms with Crippen molar-refractivity contribution in [2.24, 2.45) is 5.92 Å². The van der Waals surface area contributed by atoms with Crippen molar-refractivity contribution in [3.63, 3.8) is 0 Å². The van der Waals surface area contributed by atoms with E-state index >= 15 is 0 Å². The van der Waals surface area contributed by atoms with Gasteiger partial charge in [0, 0.05) is 17.5 Å². The Kier molecular flexibility index (Phi) is 3.89. The number of fused-ring (bicyclic) bond motifs is 1. The molecule has 2 aliphatic rings. The Balaban J connectivity index is 1.71. The van der Waals surface area contributed by atoms with Crippen molar-refractivity contribution in [2.75, 3.05) is 19.5 Å². The summed E-state index contributed by atoms with van der Waals surface area (Å²) in [5.41, 5.74) is 1.32. The minimum Gasteiger partial charge on any atom is -0.486 e. The molecule has 1 saturated carbocycles. The second kappa shape index (κ2) is 5.63. The van der Waals surface area contributed by atoms with E-state index in [1.807, 2.05) is 0 Å². The average molecular weight is 279 g/mol. The van der Waals surface area contributed by atoms with Gasteiger partial charge in [-0.15, -0.1) is 11.8 Å². The normalized spacial score (nSPS) is 24.9. The molecule has 104 valence electrons. The lowest BCUT2D eigenvalue weighted by Crippen LogP contribution is -2.39. The van der Waals surface area contributed by atoms with Crippen molar-refractivity contribution in [3.05, 3.63) is 17.7 Å². The van der Waals surface area contributed by atoms with Gasteiger partial charge in [0.1, 0.15) is 13.2 Å². The third-order valence-corrected chi connectivity index (χ3v) is 4.72. The summed E-state index contributed by atoms with van der Waals surface area (Å²) in [5.74, 6) is 2.66. The minimum absolute atomic E-state index is 0.651. The average Bonchev–Trinajstić information content (AvgIpc) is 2.41. The van der Waals surface area contributed by atoms with Crippen LogP contribution in [0.3, 0.4) is 0 Å². The summed E-state index contributed by atoms with van der Waals surface area (Å²) < 4.78 is 11.3. The molecule has 1 aromatic rings. The highest BCUT2D eigenvalue weighted by molar-refractivity contribution is 7.98. The highest BCUT2D eigenvalue weighted by Gasteiger charge is 2.25. The standard InChI is InChI=1S/C15H21NO2S/c1-10-5-12(6-10)16-9-11-7-13-14(8-15(11)19-2)18-4-3-17-13/h7-8,10,12,16H,3-6,9H2,1-2H3. The topological polar surface area (TPSA) is 30.5 Å². The third kappa shape index (κ3) is 2.84. The molecule has 0 aromatic heterocycles. The Bertz CT molecular complexity index is 458. The molecule has 3 rings (SSSR count). The second-order valence-electron chi connectivity index (χ2n) is 5.46. The largest absolute Gasteiger partial charge is 0.486 e. The van der Waals surface area contributed by atoms with Gasteiger partial charge in [0.05, 0.1) is 0 Å². The Morgan fingerprint density at radius 3 is 2.53 bits per heavy atom. The predicted octanol–water partition coefficient (Wildman–Crippen LogP) is 3.07. The van der Waals surface area contributed by atoms with Crippen molar-refractivity contribution in [1.82, 2.24) is 5.32 Å². The Morgan fingerprint density at radius 2 is 1.89 bits per heavy atom. The lowest BCUT2D eigenvalue weighted by molar-refractivity contribution is 0.170. The monoisotopic (exact) mass is 279 g/mol. The molecule has 0 radical (unpaired) electrons. The summed E-state index contributed by atoms with van der Waals surface area (Å²) in [6, 6.07) is 4.94. The van der Waals surface area contributed by atoms with Crippen LogP contribution in [0.5, 0.6) is 11.5 Å². The quantitative estimate of drug-likeness (QED) is 0.858. The van der Waals surface area contributed by atoms with Crippen LogP contribution in [0.25, 0.3) is 0 Å². The Hall–Kier alpha value is -0.870. The van der Waals surface area contributed by atoms with E-state index < -0.39 is 0 Å². The van der Waals surface area contributed by atoms with E-state index in [1.165, 1.54) is 23.3 Å². The van der Waals surface area contributed by atoms with E-state index in [4.69, 9.17) is 9.47 Å². The van der Waals surface area contributed by atoms with E-state index in [0.29, 0.717) is 19.3 Å². The molecule has 0 saturated heterocycles. The van der Waals surface area contributed by atoms with Gasteiger partial charge in [-0.05, 0) is 42.7 Å². The van der Waals surface area contributed by atoms with Crippen LogP contribution in [0.1, 0.15) is 25.3 Å². The van der Waals surface area contributed by atoms with Crippen molar-refractivity contribution >= 4 is 11.8 Å². The fourth-order valence-corrected chi connectivity index (χ4v) is 3.38. The van der Waals surface area contributed by atoms with Gasteiger partial charge in [-0.3, -0.25) is 0 Å². The molecular weight excluding hydrogens is 258 g/mol. The van der Waals surface area contributed by atoms with Crippen LogP contribution >= 0.6 is 11.8 Å². The number of hydrogen-bond donors (Lipinski definition) is 1. The summed E-state index contributed by atoms with van der Waals surface area (Å²) in [4.78, 5) is 1.28. The van der Waals surface area contributed by atoms with Crippen LogP contribution < -0.4 is 14.8 Å². The van der Waals surface area contributed by atoms with Crippen molar-refractivity contribution in [1.29, 1.82) is 0 Å². The lowest BCUT2D eigenvalue weighted by atomic mass is 9.82. The van der Waals surface area contributed by atoms with Gasteiger partial charge < -0.3 is 14.8 Å². The Labute approximate surface area is 119 Å². The maximum atomic E-state index is 5.67. The SMILES string of the molecule is CSc1cc2c(cc1CNC1CC(C)C1)OCCO2. The summed E-state index contributed by atoms with van der Waals surface area (Å²) in [5, 5.41) is 3.64. The lowest BCUT2D eigenvalue weighted by Gasteiger charge is -2.33. The first-order valence-corrected chi connectivity index (χ1v) is 8.18. The third-order valence-electron chi connectivity index (χ3n) is 3.90. The fraction of sp³-hybridized carbons (Fsp3) is 0.600. The van der Waals surface area contributed by atoms with Crippen LogP contribution in [0.15, 0.2) is 17.0 Å². The summed E-state index contributed by atoms with van der Waals surface area (Å²) in [6.07, 6.45) is 4.72. The summed E-state index contributed by atoms with van der Waals surface area (Å²) in [6.45, 7) is 4.54. The van der Waals surface area contributed by atoms with Crippen LogP contribution in [0.2, 0.25) is 0 Å². The number of hydrogen-bond acceptors (Lipinski definition) is 4. The highest BCUT2D eigenvalue weighted by atomic mass is 32.2. The van der Waals surface area contributed by atoms with E-state index in [9.17, 15) is 0 Å². The van der Waals surface area contributed by atoms with Crippen LogP contribution in [0, 0.1) is 5.92 Å². The first-order valence-electron chi connectivity index (χ1n) is 6.96. The number of nitrogens with one attached hydrogen (secondary N) is 1. The molecule has 1 aliphatic heterocycles. The molecule has 3 nitrogen and oxygen atoms in total. The first-order chi connectivity index (χ1) is 9.26. The second-order valence-corrected chi connectivity index (χ2v) is 6.31. The number of ether oxygens (including phenoxy) is 2. The zero-order chi connectivity index (χ0) is 13.2. The highest BCUT2D eigenvalue weighted by Crippen LogP contribution is 2.37. The minimum atomic E-state index is 0.651. The molecule has 1 fully saturated rings. The maximum Gasteiger partial charge on any atom is 0.162 e. The molecule has 1 N–H and O–H groups in total. The Morgan fingerprint density at radius 1 is 1.21 bits per heavy atom. The molecular formula is C15H21NO2S. The molecule has 0 amide bonds.